The van der Waals surface area contributed by atoms with E-state index in [4.69, 9.17) is 4.74 Å². The summed E-state index contributed by atoms with van der Waals surface area (Å²) < 4.78 is 30.1. The largest absolute Gasteiger partial charge is 0.494 e. The van der Waals surface area contributed by atoms with Crippen LogP contribution >= 0.6 is 0 Å². The maximum absolute atomic E-state index is 13.5. The molecule has 3 rings (SSSR count). The van der Waals surface area contributed by atoms with Crippen molar-refractivity contribution in [1.29, 1.82) is 0 Å². The second-order valence-corrected chi connectivity index (χ2v) is 12.6. The highest BCUT2D eigenvalue weighted by Crippen LogP contribution is 2.26. The molecule has 0 radical (unpaired) electrons. The zero-order valence-corrected chi connectivity index (χ0v) is 21.9. The Morgan fingerprint density at radius 2 is 1.68 bits per heavy atom. The van der Waals surface area contributed by atoms with Crippen LogP contribution in [0.4, 0.5) is 0 Å². The summed E-state index contributed by atoms with van der Waals surface area (Å²) in [5, 5.41) is 0. The van der Waals surface area contributed by atoms with Gasteiger partial charge >= 0.3 is 0 Å². The van der Waals surface area contributed by atoms with Crippen LogP contribution in [0.15, 0.2) is 48.5 Å². The Morgan fingerprint density at radius 3 is 2.24 bits per heavy atom. The lowest BCUT2D eigenvalue weighted by Gasteiger charge is -2.29. The lowest BCUT2D eigenvalue weighted by atomic mass is 9.86. The summed E-state index contributed by atoms with van der Waals surface area (Å²) in [4.78, 5) is 15.2. The fourth-order valence-corrected chi connectivity index (χ4v) is 6.00. The zero-order chi connectivity index (χ0) is 24.8. The van der Waals surface area contributed by atoms with Crippen molar-refractivity contribution < 1.29 is 17.9 Å². The summed E-state index contributed by atoms with van der Waals surface area (Å²) >= 11 is 0. The van der Waals surface area contributed by atoms with E-state index in [0.29, 0.717) is 25.1 Å². The Bertz CT molecular complexity index is 1040. The van der Waals surface area contributed by atoms with Crippen molar-refractivity contribution in [2.75, 3.05) is 18.1 Å². The number of carbonyl (C=O) groups is 1. The molecule has 1 saturated heterocycles. The van der Waals surface area contributed by atoms with Gasteiger partial charge in [0.2, 0.25) is 0 Å². The van der Waals surface area contributed by atoms with Gasteiger partial charge < -0.3 is 9.64 Å². The van der Waals surface area contributed by atoms with E-state index in [-0.39, 0.29) is 28.9 Å². The van der Waals surface area contributed by atoms with Gasteiger partial charge in [0, 0.05) is 18.2 Å². The highest BCUT2D eigenvalue weighted by atomic mass is 32.2. The van der Waals surface area contributed by atoms with Crippen molar-refractivity contribution in [3.63, 3.8) is 0 Å². The molecule has 34 heavy (non-hydrogen) atoms. The van der Waals surface area contributed by atoms with Crippen molar-refractivity contribution in [3.8, 4) is 5.75 Å². The Balaban J connectivity index is 1.73. The predicted octanol–water partition coefficient (Wildman–Crippen LogP) is 5.77. The highest BCUT2D eigenvalue weighted by Gasteiger charge is 2.35. The van der Waals surface area contributed by atoms with Gasteiger partial charge in [-0.05, 0) is 53.6 Å². The molecule has 6 heteroatoms. The van der Waals surface area contributed by atoms with Crippen molar-refractivity contribution in [1.82, 2.24) is 4.90 Å². The zero-order valence-electron chi connectivity index (χ0n) is 21.0. The van der Waals surface area contributed by atoms with Crippen molar-refractivity contribution in [2.45, 2.75) is 77.8 Å². The molecule has 2 aromatic carbocycles. The van der Waals surface area contributed by atoms with E-state index in [2.05, 4.69) is 39.8 Å². The first kappa shape index (κ1) is 26.3. The van der Waals surface area contributed by atoms with Crippen LogP contribution in [0.3, 0.4) is 0 Å². The number of ether oxygens (including phenoxy) is 1. The number of carbonyl (C=O) groups excluding carboxylic acids is 1. The molecule has 0 N–H and O–H groups in total. The van der Waals surface area contributed by atoms with Crippen molar-refractivity contribution in [2.24, 2.45) is 0 Å². The van der Waals surface area contributed by atoms with Crippen molar-refractivity contribution >= 4 is 15.7 Å². The second-order valence-electron chi connectivity index (χ2n) is 10.4. The topological polar surface area (TPSA) is 63.7 Å². The molecular weight excluding hydrogens is 446 g/mol. The fraction of sp³-hybridized carbons (Fsp3) is 0.536. The van der Waals surface area contributed by atoms with Gasteiger partial charge in [-0.3, -0.25) is 4.79 Å². The monoisotopic (exact) mass is 485 g/mol. The minimum atomic E-state index is -3.11. The van der Waals surface area contributed by atoms with Crippen LogP contribution in [0.25, 0.3) is 0 Å². The van der Waals surface area contributed by atoms with E-state index in [1.54, 1.807) is 17.0 Å². The van der Waals surface area contributed by atoms with Gasteiger partial charge in [-0.2, -0.15) is 0 Å². The Labute approximate surface area is 205 Å². The van der Waals surface area contributed by atoms with Crippen LogP contribution in [0.5, 0.6) is 5.75 Å². The number of hydrogen-bond donors (Lipinski definition) is 0. The molecule has 0 bridgehead atoms. The molecule has 1 atom stereocenters. The van der Waals surface area contributed by atoms with Gasteiger partial charge in [0.15, 0.2) is 9.84 Å². The molecule has 1 amide bonds. The average Bonchev–Trinajstić information content (AvgIpc) is 3.16. The first-order chi connectivity index (χ1) is 16.1. The Morgan fingerprint density at radius 1 is 1.00 bits per heavy atom. The van der Waals surface area contributed by atoms with E-state index in [1.165, 1.54) is 18.4 Å². The normalized spacial score (nSPS) is 17.5. The molecule has 2 aromatic rings. The van der Waals surface area contributed by atoms with Gasteiger partial charge in [0.25, 0.3) is 5.91 Å². The van der Waals surface area contributed by atoms with Gasteiger partial charge in [-0.25, -0.2) is 8.42 Å². The number of amides is 1. The lowest BCUT2D eigenvalue weighted by molar-refractivity contribution is 0.0681. The quantitative estimate of drug-likeness (QED) is 0.401. The number of nitrogens with zero attached hydrogens (tertiary/aromatic N) is 1. The average molecular weight is 486 g/mol. The first-order valence-electron chi connectivity index (χ1n) is 12.4. The number of hydrogen-bond acceptors (Lipinski definition) is 4. The third kappa shape index (κ3) is 7.33. The second kappa shape index (κ2) is 11.4. The maximum atomic E-state index is 13.5. The molecule has 0 aliphatic carbocycles. The molecule has 0 saturated carbocycles. The van der Waals surface area contributed by atoms with Crippen molar-refractivity contribution in [3.05, 3.63) is 65.2 Å². The van der Waals surface area contributed by atoms with Gasteiger partial charge in [0.1, 0.15) is 5.75 Å². The minimum Gasteiger partial charge on any atom is -0.494 e. The van der Waals surface area contributed by atoms with Crippen LogP contribution in [-0.2, 0) is 21.8 Å². The Hall–Kier alpha value is -2.34. The van der Waals surface area contributed by atoms with Gasteiger partial charge in [-0.1, -0.05) is 71.2 Å². The standard InChI is InChI=1S/C28H39NO4S/c1-5-6-7-8-18-33-26-15-11-23(12-16-26)27(30)29(25-17-19-34(31,32)21-25)20-22-9-13-24(14-10-22)28(2,3)4/h9-16,25H,5-8,17-21H2,1-4H3. The summed E-state index contributed by atoms with van der Waals surface area (Å²) in [5.74, 6) is 0.768. The molecule has 0 aromatic heterocycles. The molecule has 1 heterocycles. The maximum Gasteiger partial charge on any atom is 0.254 e. The smallest absolute Gasteiger partial charge is 0.254 e. The van der Waals surface area contributed by atoms with E-state index in [9.17, 15) is 13.2 Å². The lowest BCUT2D eigenvalue weighted by Crippen LogP contribution is -2.40. The summed E-state index contributed by atoms with van der Waals surface area (Å²) in [5.41, 5.74) is 2.82. The van der Waals surface area contributed by atoms with Crippen LogP contribution in [-0.4, -0.2) is 43.4 Å². The van der Waals surface area contributed by atoms with E-state index < -0.39 is 9.84 Å². The third-order valence-electron chi connectivity index (χ3n) is 6.45. The molecule has 1 fully saturated rings. The van der Waals surface area contributed by atoms with Crippen LogP contribution < -0.4 is 4.74 Å². The van der Waals surface area contributed by atoms with Crippen LogP contribution in [0.2, 0.25) is 0 Å². The summed E-state index contributed by atoms with van der Waals surface area (Å²) in [6.07, 6.45) is 5.06. The van der Waals surface area contributed by atoms with E-state index >= 15 is 0 Å². The van der Waals surface area contributed by atoms with E-state index in [0.717, 1.165) is 24.2 Å². The summed E-state index contributed by atoms with van der Waals surface area (Å²) in [6.45, 7) is 9.74. The molecule has 1 aliphatic heterocycles. The SMILES string of the molecule is CCCCCCOc1ccc(C(=O)N(Cc2ccc(C(C)(C)C)cc2)C2CCS(=O)(=O)C2)cc1. The molecule has 1 unspecified atom stereocenters. The van der Waals surface area contributed by atoms with Gasteiger partial charge in [0.05, 0.1) is 18.1 Å². The van der Waals surface area contributed by atoms with Gasteiger partial charge in [-0.15, -0.1) is 0 Å². The molecule has 5 nitrogen and oxygen atoms in total. The Kier molecular flexibility index (Phi) is 8.80. The number of benzene rings is 2. The fourth-order valence-electron chi connectivity index (χ4n) is 4.27. The first-order valence-corrected chi connectivity index (χ1v) is 14.2. The summed E-state index contributed by atoms with van der Waals surface area (Å²) in [6, 6.07) is 15.2. The number of sulfone groups is 1. The minimum absolute atomic E-state index is 0.0256. The predicted molar refractivity (Wildman–Crippen MR) is 138 cm³/mol. The van der Waals surface area contributed by atoms with Crippen LogP contribution in [0, 0.1) is 0 Å². The number of rotatable bonds is 10. The molecular formula is C28H39NO4S. The molecule has 0 spiro atoms. The number of unbranched alkanes of at least 4 members (excludes halogenated alkanes) is 3. The van der Waals surface area contributed by atoms with Crippen LogP contribution in [0.1, 0.15) is 81.3 Å². The summed E-state index contributed by atoms with van der Waals surface area (Å²) in [7, 11) is -3.11. The molecule has 186 valence electrons. The molecule has 1 aliphatic rings. The third-order valence-corrected chi connectivity index (χ3v) is 8.20. The van der Waals surface area contributed by atoms with E-state index in [1.807, 2.05) is 24.3 Å². The highest BCUT2D eigenvalue weighted by molar-refractivity contribution is 7.91.